The molecular formula is C15H19N3O3. The number of non-ortho nitro benzene ring substituents is 1. The third-order valence-corrected chi connectivity index (χ3v) is 4.77. The molecule has 3 atom stereocenters. The van der Waals surface area contributed by atoms with E-state index in [1.807, 2.05) is 4.90 Å². The number of carbonyl (C=O) groups is 1. The lowest BCUT2D eigenvalue weighted by Crippen LogP contribution is -2.34. The minimum Gasteiger partial charge on any atom is -0.342 e. The number of nitro groups is 1. The lowest BCUT2D eigenvalue weighted by molar-refractivity contribution is -0.384. The zero-order chi connectivity index (χ0) is 15.0. The number of rotatable bonds is 3. The van der Waals surface area contributed by atoms with Gasteiger partial charge in [0.05, 0.1) is 11.3 Å². The number of hydrogen-bond donors (Lipinski definition) is 1. The van der Waals surface area contributed by atoms with Crippen LogP contribution in [0.2, 0.25) is 0 Å². The van der Waals surface area contributed by atoms with Crippen molar-refractivity contribution in [2.24, 2.45) is 17.6 Å². The molecule has 0 bridgehead atoms. The van der Waals surface area contributed by atoms with Gasteiger partial charge in [-0.25, -0.2) is 0 Å². The van der Waals surface area contributed by atoms with Crippen molar-refractivity contribution in [3.8, 4) is 0 Å². The normalized spacial score (nSPS) is 27.7. The zero-order valence-corrected chi connectivity index (χ0v) is 11.8. The number of nitro benzene ring substituents is 1. The molecule has 112 valence electrons. The van der Waals surface area contributed by atoms with E-state index in [4.69, 9.17) is 5.73 Å². The van der Waals surface area contributed by atoms with Gasteiger partial charge in [0.2, 0.25) is 5.91 Å². The molecule has 1 aromatic rings. The number of fused-ring (bicyclic) bond motifs is 1. The van der Waals surface area contributed by atoms with Crippen LogP contribution in [0.3, 0.4) is 0 Å². The molecule has 2 aliphatic rings. The predicted octanol–water partition coefficient (Wildman–Crippen LogP) is 1.33. The van der Waals surface area contributed by atoms with E-state index in [1.165, 1.54) is 12.1 Å². The first-order valence-corrected chi connectivity index (χ1v) is 7.31. The van der Waals surface area contributed by atoms with E-state index in [-0.39, 0.29) is 17.6 Å². The van der Waals surface area contributed by atoms with Crippen molar-refractivity contribution in [2.75, 3.05) is 13.1 Å². The van der Waals surface area contributed by atoms with Crippen molar-refractivity contribution >= 4 is 11.6 Å². The van der Waals surface area contributed by atoms with Gasteiger partial charge in [0, 0.05) is 31.3 Å². The molecule has 1 saturated carbocycles. The van der Waals surface area contributed by atoms with Gasteiger partial charge in [0.15, 0.2) is 0 Å². The van der Waals surface area contributed by atoms with Crippen molar-refractivity contribution in [3.63, 3.8) is 0 Å². The Hall–Kier alpha value is -1.95. The van der Waals surface area contributed by atoms with Gasteiger partial charge < -0.3 is 10.6 Å². The summed E-state index contributed by atoms with van der Waals surface area (Å²) in [6.07, 6.45) is 2.49. The second kappa shape index (κ2) is 5.44. The SMILES string of the molecule is NC1CCC2CN(C(=O)Cc3ccc([N+](=O)[O-])cc3)CC12. The highest BCUT2D eigenvalue weighted by molar-refractivity contribution is 5.79. The van der Waals surface area contributed by atoms with Crippen LogP contribution in [0.25, 0.3) is 0 Å². The minimum atomic E-state index is -0.436. The topological polar surface area (TPSA) is 89.5 Å². The number of nitrogens with two attached hydrogens (primary N) is 1. The quantitative estimate of drug-likeness (QED) is 0.671. The van der Waals surface area contributed by atoms with Crippen molar-refractivity contribution in [1.82, 2.24) is 4.90 Å². The van der Waals surface area contributed by atoms with Gasteiger partial charge in [-0.1, -0.05) is 12.1 Å². The van der Waals surface area contributed by atoms with E-state index in [1.54, 1.807) is 12.1 Å². The summed E-state index contributed by atoms with van der Waals surface area (Å²) in [5.41, 5.74) is 6.94. The Labute approximate surface area is 123 Å². The summed E-state index contributed by atoms with van der Waals surface area (Å²) < 4.78 is 0. The molecule has 21 heavy (non-hydrogen) atoms. The standard InChI is InChI=1S/C15H19N3O3/c16-14-6-3-11-8-17(9-13(11)14)15(19)7-10-1-4-12(5-2-10)18(20)21/h1-2,4-5,11,13-14H,3,6-9,16H2. The maximum atomic E-state index is 12.3. The summed E-state index contributed by atoms with van der Waals surface area (Å²) in [4.78, 5) is 24.4. The monoisotopic (exact) mass is 289 g/mol. The first-order valence-electron chi connectivity index (χ1n) is 7.31. The molecule has 1 aliphatic carbocycles. The molecule has 0 spiro atoms. The van der Waals surface area contributed by atoms with E-state index >= 15 is 0 Å². The average molecular weight is 289 g/mol. The van der Waals surface area contributed by atoms with Crippen molar-refractivity contribution in [3.05, 3.63) is 39.9 Å². The van der Waals surface area contributed by atoms with Gasteiger partial charge in [0.1, 0.15) is 0 Å². The molecule has 6 nitrogen and oxygen atoms in total. The summed E-state index contributed by atoms with van der Waals surface area (Å²) in [6, 6.07) is 6.42. The van der Waals surface area contributed by atoms with Crippen LogP contribution in [0.5, 0.6) is 0 Å². The summed E-state index contributed by atoms with van der Waals surface area (Å²) in [5.74, 6) is 1.09. The number of amides is 1. The van der Waals surface area contributed by atoms with Gasteiger partial charge in [-0.15, -0.1) is 0 Å². The average Bonchev–Trinajstić information content (AvgIpc) is 3.02. The Bertz CT molecular complexity index is 558. The fraction of sp³-hybridized carbons (Fsp3) is 0.533. The highest BCUT2D eigenvalue weighted by atomic mass is 16.6. The van der Waals surface area contributed by atoms with Crippen LogP contribution in [0.15, 0.2) is 24.3 Å². The Kier molecular flexibility index (Phi) is 3.63. The molecule has 0 radical (unpaired) electrons. The summed E-state index contributed by atoms with van der Waals surface area (Å²) in [6.45, 7) is 1.57. The van der Waals surface area contributed by atoms with E-state index in [0.29, 0.717) is 18.3 Å². The van der Waals surface area contributed by atoms with Crippen molar-refractivity contribution < 1.29 is 9.72 Å². The van der Waals surface area contributed by atoms with Crippen LogP contribution in [-0.2, 0) is 11.2 Å². The van der Waals surface area contributed by atoms with Gasteiger partial charge in [-0.05, 0) is 30.2 Å². The number of carbonyl (C=O) groups excluding carboxylic acids is 1. The molecule has 1 amide bonds. The van der Waals surface area contributed by atoms with E-state index in [0.717, 1.165) is 31.5 Å². The summed E-state index contributed by atoms with van der Waals surface area (Å²) in [5, 5.41) is 10.6. The molecule has 1 aliphatic heterocycles. The van der Waals surface area contributed by atoms with Crippen LogP contribution in [0, 0.1) is 22.0 Å². The van der Waals surface area contributed by atoms with Gasteiger partial charge in [-0.2, -0.15) is 0 Å². The first-order chi connectivity index (χ1) is 10.0. The Morgan fingerprint density at radius 1 is 1.29 bits per heavy atom. The van der Waals surface area contributed by atoms with E-state index in [9.17, 15) is 14.9 Å². The second-order valence-corrected chi connectivity index (χ2v) is 6.06. The molecule has 2 fully saturated rings. The van der Waals surface area contributed by atoms with Crippen LogP contribution < -0.4 is 5.73 Å². The van der Waals surface area contributed by atoms with E-state index in [2.05, 4.69) is 0 Å². The van der Waals surface area contributed by atoms with Gasteiger partial charge >= 0.3 is 0 Å². The highest BCUT2D eigenvalue weighted by Gasteiger charge is 2.42. The van der Waals surface area contributed by atoms with Crippen LogP contribution in [0.1, 0.15) is 18.4 Å². The van der Waals surface area contributed by atoms with Gasteiger partial charge in [-0.3, -0.25) is 14.9 Å². The Morgan fingerprint density at radius 2 is 2.00 bits per heavy atom. The maximum absolute atomic E-state index is 12.3. The molecule has 6 heteroatoms. The molecule has 3 rings (SSSR count). The Balaban J connectivity index is 1.61. The molecule has 0 aromatic heterocycles. The van der Waals surface area contributed by atoms with Crippen molar-refractivity contribution in [1.29, 1.82) is 0 Å². The summed E-state index contributed by atoms with van der Waals surface area (Å²) >= 11 is 0. The second-order valence-electron chi connectivity index (χ2n) is 6.06. The zero-order valence-electron chi connectivity index (χ0n) is 11.8. The minimum absolute atomic E-state index is 0.0490. The predicted molar refractivity (Wildman–Crippen MR) is 77.6 cm³/mol. The number of nitrogens with zero attached hydrogens (tertiary/aromatic N) is 2. The van der Waals surface area contributed by atoms with Gasteiger partial charge in [0.25, 0.3) is 5.69 Å². The third-order valence-electron chi connectivity index (χ3n) is 4.77. The number of benzene rings is 1. The maximum Gasteiger partial charge on any atom is 0.269 e. The lowest BCUT2D eigenvalue weighted by atomic mass is 9.98. The molecule has 2 N–H and O–H groups in total. The van der Waals surface area contributed by atoms with Crippen LogP contribution in [-0.4, -0.2) is 34.9 Å². The van der Waals surface area contributed by atoms with Crippen LogP contribution in [0.4, 0.5) is 5.69 Å². The summed E-state index contributed by atoms with van der Waals surface area (Å²) in [7, 11) is 0. The molecule has 1 aromatic carbocycles. The molecule has 1 saturated heterocycles. The largest absolute Gasteiger partial charge is 0.342 e. The fourth-order valence-corrected chi connectivity index (χ4v) is 3.53. The van der Waals surface area contributed by atoms with Crippen molar-refractivity contribution in [2.45, 2.75) is 25.3 Å². The molecule has 1 heterocycles. The smallest absolute Gasteiger partial charge is 0.269 e. The molecule has 3 unspecified atom stereocenters. The van der Waals surface area contributed by atoms with E-state index < -0.39 is 4.92 Å². The molecular weight excluding hydrogens is 270 g/mol. The first kappa shape index (κ1) is 14.0. The third kappa shape index (κ3) is 2.76. The Morgan fingerprint density at radius 3 is 2.62 bits per heavy atom. The lowest BCUT2D eigenvalue weighted by Gasteiger charge is -2.18. The number of hydrogen-bond acceptors (Lipinski definition) is 4. The van der Waals surface area contributed by atoms with Crippen LogP contribution >= 0.6 is 0 Å². The highest BCUT2D eigenvalue weighted by Crippen LogP contribution is 2.37. The number of likely N-dealkylation sites (tertiary alicyclic amines) is 1. The fourth-order valence-electron chi connectivity index (χ4n) is 3.53.